The summed E-state index contributed by atoms with van der Waals surface area (Å²) in [4.78, 5) is 0. The van der Waals surface area contributed by atoms with Crippen LogP contribution in [-0.2, 0) is 0 Å². The van der Waals surface area contributed by atoms with Crippen molar-refractivity contribution in [3.8, 4) is 5.75 Å². The van der Waals surface area contributed by atoms with Gasteiger partial charge in [0.1, 0.15) is 5.75 Å². The average Bonchev–Trinajstić information content (AvgIpc) is 2.43. The second kappa shape index (κ2) is 7.39. The zero-order chi connectivity index (χ0) is 13.5. The largest absolute Gasteiger partial charge is 0.493 e. The molecular formula is C15H26N2O. The van der Waals surface area contributed by atoms with Gasteiger partial charge >= 0.3 is 0 Å². The molecule has 0 spiro atoms. The minimum Gasteiger partial charge on any atom is -0.493 e. The van der Waals surface area contributed by atoms with Crippen LogP contribution in [0.3, 0.4) is 0 Å². The molecule has 0 aromatic heterocycles. The molecule has 1 aromatic carbocycles. The molecule has 18 heavy (non-hydrogen) atoms. The Hall–Kier alpha value is -1.06. The summed E-state index contributed by atoms with van der Waals surface area (Å²) in [6.07, 6.45) is 2.11. The number of nitrogens with two attached hydrogens (primary N) is 2. The Morgan fingerprint density at radius 1 is 1.28 bits per heavy atom. The van der Waals surface area contributed by atoms with Crippen LogP contribution in [0.4, 0.5) is 0 Å². The number of benzene rings is 1. The molecule has 3 heteroatoms. The minimum absolute atomic E-state index is 0.152. The second-order valence-corrected chi connectivity index (χ2v) is 4.80. The minimum atomic E-state index is -0.152. The second-order valence-electron chi connectivity index (χ2n) is 4.80. The third-order valence-electron chi connectivity index (χ3n) is 3.33. The lowest BCUT2D eigenvalue weighted by Gasteiger charge is -2.18. The highest BCUT2D eigenvalue weighted by atomic mass is 16.5. The van der Waals surface area contributed by atoms with Gasteiger partial charge in [0.15, 0.2) is 0 Å². The molecule has 102 valence electrons. The van der Waals surface area contributed by atoms with E-state index in [4.69, 9.17) is 16.2 Å². The van der Waals surface area contributed by atoms with Gasteiger partial charge in [-0.1, -0.05) is 32.9 Å². The fraction of sp³-hybridized carbons (Fsp3) is 0.600. The molecular weight excluding hydrogens is 224 g/mol. The molecule has 0 bridgehead atoms. The number of hydrogen-bond donors (Lipinski definition) is 2. The Morgan fingerprint density at radius 3 is 2.56 bits per heavy atom. The lowest BCUT2D eigenvalue weighted by atomic mass is 9.94. The zero-order valence-electron chi connectivity index (χ0n) is 11.8. The lowest BCUT2D eigenvalue weighted by Crippen LogP contribution is -2.22. The van der Waals surface area contributed by atoms with E-state index in [0.29, 0.717) is 19.1 Å². The highest BCUT2D eigenvalue weighted by Crippen LogP contribution is 2.29. The van der Waals surface area contributed by atoms with Crippen molar-refractivity contribution < 1.29 is 4.74 Å². The van der Waals surface area contributed by atoms with Crippen LogP contribution >= 0.6 is 0 Å². The summed E-state index contributed by atoms with van der Waals surface area (Å²) in [6, 6.07) is 6.16. The van der Waals surface area contributed by atoms with Crippen molar-refractivity contribution in [3.63, 3.8) is 0 Å². The van der Waals surface area contributed by atoms with E-state index in [0.717, 1.165) is 24.2 Å². The number of hydrogen-bond acceptors (Lipinski definition) is 3. The molecule has 0 saturated heterocycles. The Morgan fingerprint density at radius 2 is 2.00 bits per heavy atom. The quantitative estimate of drug-likeness (QED) is 0.782. The molecule has 4 N–H and O–H groups in total. The van der Waals surface area contributed by atoms with Crippen LogP contribution in [0.25, 0.3) is 0 Å². The van der Waals surface area contributed by atoms with Crippen LogP contribution in [0.1, 0.15) is 56.7 Å². The predicted octanol–water partition coefficient (Wildman–Crippen LogP) is 2.95. The first-order valence-corrected chi connectivity index (χ1v) is 6.86. The smallest absolute Gasteiger partial charge is 0.124 e. The van der Waals surface area contributed by atoms with E-state index >= 15 is 0 Å². The van der Waals surface area contributed by atoms with E-state index in [1.165, 1.54) is 5.56 Å². The molecule has 0 fully saturated rings. The number of ether oxygens (including phenoxy) is 1. The van der Waals surface area contributed by atoms with Crippen LogP contribution in [-0.4, -0.2) is 13.2 Å². The van der Waals surface area contributed by atoms with E-state index < -0.39 is 0 Å². The molecule has 0 aliphatic carbocycles. The fourth-order valence-electron chi connectivity index (χ4n) is 1.87. The first-order chi connectivity index (χ1) is 8.63. The molecule has 1 aromatic rings. The summed E-state index contributed by atoms with van der Waals surface area (Å²) in [7, 11) is 0. The third-order valence-corrected chi connectivity index (χ3v) is 3.33. The molecule has 3 nitrogen and oxygen atoms in total. The molecule has 2 atom stereocenters. The van der Waals surface area contributed by atoms with Crippen LogP contribution in [0.2, 0.25) is 0 Å². The first kappa shape index (κ1) is 15.0. The normalized spacial score (nSPS) is 14.3. The molecule has 0 saturated carbocycles. The first-order valence-electron chi connectivity index (χ1n) is 6.86. The van der Waals surface area contributed by atoms with Crippen molar-refractivity contribution in [1.82, 2.24) is 0 Å². The average molecular weight is 250 g/mol. The van der Waals surface area contributed by atoms with Crippen LogP contribution in [0.15, 0.2) is 18.2 Å². The molecule has 0 aliphatic heterocycles. The van der Waals surface area contributed by atoms with Crippen LogP contribution < -0.4 is 16.2 Å². The standard InChI is InChI=1S/C15H26N2O/c1-4-8-18-15-7-6-12(11(3)5-2)9-13(15)14(17)10-16/h6-7,9,11,14H,4-5,8,10,16-17H2,1-3H3. The summed E-state index contributed by atoms with van der Waals surface area (Å²) >= 11 is 0. The van der Waals surface area contributed by atoms with Crippen molar-refractivity contribution in [2.45, 2.75) is 45.6 Å². The van der Waals surface area contributed by atoms with Gasteiger partial charge < -0.3 is 16.2 Å². The number of rotatable bonds is 7. The van der Waals surface area contributed by atoms with Crippen molar-refractivity contribution in [2.24, 2.45) is 11.5 Å². The summed E-state index contributed by atoms with van der Waals surface area (Å²) in [6.45, 7) is 7.66. The van der Waals surface area contributed by atoms with Crippen LogP contribution in [0, 0.1) is 0 Å². The van der Waals surface area contributed by atoms with Crippen LogP contribution in [0.5, 0.6) is 5.75 Å². The van der Waals surface area contributed by atoms with Gasteiger partial charge in [0.05, 0.1) is 6.61 Å². The summed E-state index contributed by atoms with van der Waals surface area (Å²) < 4.78 is 5.74. The Bertz CT molecular complexity index is 366. The molecule has 0 radical (unpaired) electrons. The van der Waals surface area contributed by atoms with E-state index in [-0.39, 0.29) is 6.04 Å². The SMILES string of the molecule is CCCOc1ccc(C(C)CC)cc1C(N)CN. The summed E-state index contributed by atoms with van der Waals surface area (Å²) in [5.41, 5.74) is 14.1. The molecule has 2 unspecified atom stereocenters. The van der Waals surface area contributed by atoms with E-state index in [1.54, 1.807) is 0 Å². The van der Waals surface area contributed by atoms with Gasteiger partial charge in [0, 0.05) is 18.2 Å². The summed E-state index contributed by atoms with van der Waals surface area (Å²) in [5.74, 6) is 1.41. The van der Waals surface area contributed by atoms with Gasteiger partial charge in [-0.15, -0.1) is 0 Å². The molecule has 1 rings (SSSR count). The maximum Gasteiger partial charge on any atom is 0.124 e. The maximum atomic E-state index is 6.07. The maximum absolute atomic E-state index is 6.07. The molecule has 0 aliphatic rings. The van der Waals surface area contributed by atoms with E-state index in [1.807, 2.05) is 6.07 Å². The molecule has 0 amide bonds. The Kier molecular flexibility index (Phi) is 6.16. The van der Waals surface area contributed by atoms with Crippen molar-refractivity contribution in [3.05, 3.63) is 29.3 Å². The Labute approximate surface area is 111 Å². The van der Waals surface area contributed by atoms with Gasteiger partial charge in [-0.2, -0.15) is 0 Å². The Balaban J connectivity index is 3.03. The van der Waals surface area contributed by atoms with E-state index in [2.05, 4.69) is 32.9 Å². The van der Waals surface area contributed by atoms with Crippen molar-refractivity contribution >= 4 is 0 Å². The summed E-state index contributed by atoms with van der Waals surface area (Å²) in [5, 5.41) is 0. The van der Waals surface area contributed by atoms with E-state index in [9.17, 15) is 0 Å². The van der Waals surface area contributed by atoms with Crippen molar-refractivity contribution in [1.29, 1.82) is 0 Å². The van der Waals surface area contributed by atoms with Gasteiger partial charge in [-0.3, -0.25) is 0 Å². The van der Waals surface area contributed by atoms with Gasteiger partial charge in [-0.05, 0) is 30.4 Å². The van der Waals surface area contributed by atoms with Gasteiger partial charge in [0.2, 0.25) is 0 Å². The van der Waals surface area contributed by atoms with Crippen molar-refractivity contribution in [2.75, 3.05) is 13.2 Å². The highest BCUT2D eigenvalue weighted by Gasteiger charge is 2.13. The monoisotopic (exact) mass is 250 g/mol. The zero-order valence-corrected chi connectivity index (χ0v) is 11.8. The predicted molar refractivity (Wildman–Crippen MR) is 76.9 cm³/mol. The molecule has 0 heterocycles. The fourth-order valence-corrected chi connectivity index (χ4v) is 1.87. The van der Waals surface area contributed by atoms with Gasteiger partial charge in [-0.25, -0.2) is 0 Å². The third kappa shape index (κ3) is 3.72. The highest BCUT2D eigenvalue weighted by molar-refractivity contribution is 5.40. The van der Waals surface area contributed by atoms with Gasteiger partial charge in [0.25, 0.3) is 0 Å². The topological polar surface area (TPSA) is 61.3 Å². The lowest BCUT2D eigenvalue weighted by molar-refractivity contribution is 0.312.